The summed E-state index contributed by atoms with van der Waals surface area (Å²) in [6, 6.07) is 7.13. The molecule has 2 heteroatoms. The van der Waals surface area contributed by atoms with Crippen LogP contribution in [0.1, 0.15) is 38.2 Å². The molecule has 1 saturated heterocycles. The van der Waals surface area contributed by atoms with E-state index in [0.29, 0.717) is 5.92 Å². The molecule has 1 nitrogen and oxygen atoms in total. The van der Waals surface area contributed by atoms with Gasteiger partial charge in [0.2, 0.25) is 0 Å². The molecular formula is C13H20FN. The molecule has 1 aromatic carbocycles. The monoisotopic (exact) mass is 209 g/mol. The standard InChI is InChI=1S/C11H14FN.C2H6/c12-11-4-2-1-3-10(11)9-5-7-13-8-6-9;1-2/h1-4,9,13H,5-8H2;1-2H3. The van der Waals surface area contributed by atoms with Crippen LogP contribution < -0.4 is 5.32 Å². The van der Waals surface area contributed by atoms with Crippen LogP contribution in [0.15, 0.2) is 24.3 Å². The molecule has 0 aromatic heterocycles. The molecule has 0 atom stereocenters. The van der Waals surface area contributed by atoms with Crippen LogP contribution in [0.25, 0.3) is 0 Å². The first-order valence-electron chi connectivity index (χ1n) is 5.83. The Morgan fingerprint density at radius 2 is 1.73 bits per heavy atom. The smallest absolute Gasteiger partial charge is 0.126 e. The number of nitrogens with one attached hydrogen (secondary N) is 1. The van der Waals surface area contributed by atoms with Crippen molar-refractivity contribution >= 4 is 0 Å². The summed E-state index contributed by atoms with van der Waals surface area (Å²) in [4.78, 5) is 0. The Hall–Kier alpha value is -0.890. The molecule has 1 aliphatic heterocycles. The number of piperidine rings is 1. The highest BCUT2D eigenvalue weighted by atomic mass is 19.1. The summed E-state index contributed by atoms with van der Waals surface area (Å²) >= 11 is 0. The zero-order valence-electron chi connectivity index (χ0n) is 9.59. The minimum atomic E-state index is -0.0469. The maximum atomic E-state index is 13.4. The van der Waals surface area contributed by atoms with E-state index in [9.17, 15) is 4.39 Å². The molecule has 0 amide bonds. The van der Waals surface area contributed by atoms with Gasteiger partial charge in [-0.3, -0.25) is 0 Å². The van der Waals surface area contributed by atoms with Crippen LogP contribution in [0.2, 0.25) is 0 Å². The van der Waals surface area contributed by atoms with Gasteiger partial charge in [0.05, 0.1) is 0 Å². The van der Waals surface area contributed by atoms with Gasteiger partial charge in [0, 0.05) is 0 Å². The highest BCUT2D eigenvalue weighted by Crippen LogP contribution is 2.26. The van der Waals surface area contributed by atoms with E-state index in [1.807, 2.05) is 26.0 Å². The highest BCUT2D eigenvalue weighted by molar-refractivity contribution is 5.22. The lowest BCUT2D eigenvalue weighted by molar-refractivity contribution is 0.445. The van der Waals surface area contributed by atoms with Crippen molar-refractivity contribution < 1.29 is 4.39 Å². The number of hydrogen-bond donors (Lipinski definition) is 1. The second-order valence-electron chi connectivity index (χ2n) is 3.55. The molecule has 84 valence electrons. The summed E-state index contributed by atoms with van der Waals surface area (Å²) in [6.45, 7) is 6.03. The van der Waals surface area contributed by atoms with Crippen molar-refractivity contribution in [3.8, 4) is 0 Å². The first kappa shape index (κ1) is 12.2. The van der Waals surface area contributed by atoms with Crippen LogP contribution in [-0.4, -0.2) is 13.1 Å². The van der Waals surface area contributed by atoms with Crippen LogP contribution in [-0.2, 0) is 0 Å². The zero-order valence-corrected chi connectivity index (χ0v) is 9.59. The lowest BCUT2D eigenvalue weighted by Crippen LogP contribution is -2.27. The number of rotatable bonds is 1. The van der Waals surface area contributed by atoms with Crippen molar-refractivity contribution in [3.05, 3.63) is 35.6 Å². The second-order valence-corrected chi connectivity index (χ2v) is 3.55. The third-order valence-corrected chi connectivity index (χ3v) is 2.68. The van der Waals surface area contributed by atoms with E-state index >= 15 is 0 Å². The summed E-state index contributed by atoms with van der Waals surface area (Å²) < 4.78 is 13.4. The van der Waals surface area contributed by atoms with Crippen molar-refractivity contribution in [1.82, 2.24) is 5.32 Å². The molecule has 1 aliphatic rings. The number of halogens is 1. The molecule has 0 aliphatic carbocycles. The molecule has 1 aromatic rings. The summed E-state index contributed by atoms with van der Waals surface area (Å²) in [7, 11) is 0. The van der Waals surface area contributed by atoms with Gasteiger partial charge in [0.15, 0.2) is 0 Å². The van der Waals surface area contributed by atoms with E-state index in [-0.39, 0.29) is 5.82 Å². The average Bonchev–Trinajstić information content (AvgIpc) is 2.33. The SMILES string of the molecule is CC.Fc1ccccc1C1CCNCC1. The van der Waals surface area contributed by atoms with Crippen LogP contribution in [0.3, 0.4) is 0 Å². The molecule has 0 saturated carbocycles. The predicted octanol–water partition coefficient (Wildman–Crippen LogP) is 3.32. The van der Waals surface area contributed by atoms with Gasteiger partial charge in [0.25, 0.3) is 0 Å². The molecule has 1 heterocycles. The van der Waals surface area contributed by atoms with Gasteiger partial charge in [0.1, 0.15) is 5.82 Å². The van der Waals surface area contributed by atoms with E-state index < -0.39 is 0 Å². The minimum Gasteiger partial charge on any atom is -0.317 e. The molecule has 0 bridgehead atoms. The molecule has 0 unspecified atom stereocenters. The largest absolute Gasteiger partial charge is 0.317 e. The number of benzene rings is 1. The maximum Gasteiger partial charge on any atom is 0.126 e. The molecule has 1 fully saturated rings. The topological polar surface area (TPSA) is 12.0 Å². The first-order valence-corrected chi connectivity index (χ1v) is 5.83. The zero-order chi connectivity index (χ0) is 11.1. The lowest BCUT2D eigenvalue weighted by atomic mass is 9.90. The summed E-state index contributed by atoms with van der Waals surface area (Å²) in [5.41, 5.74) is 0.893. The van der Waals surface area contributed by atoms with E-state index in [4.69, 9.17) is 0 Å². The van der Waals surface area contributed by atoms with Crippen molar-refractivity contribution in [3.63, 3.8) is 0 Å². The molecule has 1 N–H and O–H groups in total. The Kier molecular flexibility index (Phi) is 5.33. The molecule has 0 radical (unpaired) electrons. The van der Waals surface area contributed by atoms with Crippen LogP contribution in [0.5, 0.6) is 0 Å². The van der Waals surface area contributed by atoms with Crippen molar-refractivity contribution in [2.75, 3.05) is 13.1 Å². The van der Waals surface area contributed by atoms with E-state index in [1.54, 1.807) is 12.1 Å². The Bertz CT molecular complexity index is 280. The van der Waals surface area contributed by atoms with Gasteiger partial charge in [-0.1, -0.05) is 32.0 Å². The van der Waals surface area contributed by atoms with E-state index in [1.165, 1.54) is 0 Å². The summed E-state index contributed by atoms with van der Waals surface area (Å²) in [6.07, 6.45) is 2.11. The van der Waals surface area contributed by atoms with Gasteiger partial charge >= 0.3 is 0 Å². The molecular weight excluding hydrogens is 189 g/mol. The van der Waals surface area contributed by atoms with Crippen LogP contribution >= 0.6 is 0 Å². The Morgan fingerprint density at radius 1 is 1.13 bits per heavy atom. The molecule has 0 spiro atoms. The Labute approximate surface area is 91.7 Å². The van der Waals surface area contributed by atoms with Gasteiger partial charge < -0.3 is 5.32 Å². The van der Waals surface area contributed by atoms with E-state index in [2.05, 4.69) is 5.32 Å². The van der Waals surface area contributed by atoms with Crippen molar-refractivity contribution in [2.24, 2.45) is 0 Å². The lowest BCUT2D eigenvalue weighted by Gasteiger charge is -2.23. The minimum absolute atomic E-state index is 0.0469. The fourth-order valence-electron chi connectivity index (χ4n) is 1.94. The van der Waals surface area contributed by atoms with Gasteiger partial charge in [-0.05, 0) is 43.5 Å². The van der Waals surface area contributed by atoms with Gasteiger partial charge in [-0.15, -0.1) is 0 Å². The third-order valence-electron chi connectivity index (χ3n) is 2.68. The fraction of sp³-hybridized carbons (Fsp3) is 0.538. The molecule has 15 heavy (non-hydrogen) atoms. The normalized spacial score (nSPS) is 16.7. The van der Waals surface area contributed by atoms with E-state index in [0.717, 1.165) is 31.5 Å². The summed E-state index contributed by atoms with van der Waals surface area (Å²) in [5.74, 6) is 0.372. The summed E-state index contributed by atoms with van der Waals surface area (Å²) in [5, 5.41) is 3.28. The third kappa shape index (κ3) is 3.31. The van der Waals surface area contributed by atoms with Gasteiger partial charge in [-0.25, -0.2) is 4.39 Å². The number of hydrogen-bond acceptors (Lipinski definition) is 1. The second kappa shape index (κ2) is 6.57. The Balaban J connectivity index is 0.000000531. The average molecular weight is 209 g/mol. The van der Waals surface area contributed by atoms with Crippen LogP contribution in [0, 0.1) is 5.82 Å². The van der Waals surface area contributed by atoms with Crippen LogP contribution in [0.4, 0.5) is 4.39 Å². The highest BCUT2D eigenvalue weighted by Gasteiger charge is 2.17. The maximum absolute atomic E-state index is 13.4. The first-order chi connectivity index (χ1) is 7.38. The predicted molar refractivity (Wildman–Crippen MR) is 62.6 cm³/mol. The molecule has 2 rings (SSSR count). The van der Waals surface area contributed by atoms with Crippen molar-refractivity contribution in [2.45, 2.75) is 32.6 Å². The van der Waals surface area contributed by atoms with Gasteiger partial charge in [-0.2, -0.15) is 0 Å². The Morgan fingerprint density at radius 3 is 2.33 bits per heavy atom. The quantitative estimate of drug-likeness (QED) is 0.748. The van der Waals surface area contributed by atoms with Crippen molar-refractivity contribution in [1.29, 1.82) is 0 Å². The fourth-order valence-corrected chi connectivity index (χ4v) is 1.94.